The number of amides is 2. The molecule has 0 saturated carbocycles. The van der Waals surface area contributed by atoms with Gasteiger partial charge in [-0.15, -0.1) is 0 Å². The van der Waals surface area contributed by atoms with E-state index < -0.39 is 17.8 Å². The van der Waals surface area contributed by atoms with Gasteiger partial charge in [-0.3, -0.25) is 10.2 Å². The Morgan fingerprint density at radius 3 is 2.66 bits per heavy atom. The van der Waals surface area contributed by atoms with E-state index >= 15 is 0 Å². The summed E-state index contributed by atoms with van der Waals surface area (Å²) in [6.07, 6.45) is 4.52. The summed E-state index contributed by atoms with van der Waals surface area (Å²) in [6, 6.07) is 4.63. The van der Waals surface area contributed by atoms with Gasteiger partial charge in [-0.2, -0.15) is 14.5 Å². The highest BCUT2D eigenvalue weighted by Crippen LogP contribution is 2.22. The number of rotatable bonds is 6. The van der Waals surface area contributed by atoms with Crippen LogP contribution in [-0.4, -0.2) is 68.4 Å². The van der Waals surface area contributed by atoms with Crippen molar-refractivity contribution >= 4 is 17.5 Å². The summed E-state index contributed by atoms with van der Waals surface area (Å²) in [7, 11) is 0. The Labute approximate surface area is 183 Å². The molecule has 1 aliphatic rings. The van der Waals surface area contributed by atoms with Gasteiger partial charge >= 0.3 is 6.03 Å². The number of nitrogens with zero attached hydrogens (tertiary/aromatic N) is 7. The van der Waals surface area contributed by atoms with E-state index in [0.29, 0.717) is 44.2 Å². The van der Waals surface area contributed by atoms with Crippen LogP contribution in [0.3, 0.4) is 0 Å². The highest BCUT2D eigenvalue weighted by Gasteiger charge is 2.23. The molecule has 0 spiro atoms. The lowest BCUT2D eigenvalue weighted by Gasteiger charge is -2.35. The lowest BCUT2D eigenvalue weighted by molar-refractivity contribution is 0.242. The molecule has 0 aromatic carbocycles. The van der Waals surface area contributed by atoms with E-state index in [1.165, 1.54) is 11.0 Å². The average Bonchev–Trinajstić information content (AvgIpc) is 3.32. The fourth-order valence-corrected chi connectivity index (χ4v) is 3.46. The van der Waals surface area contributed by atoms with Gasteiger partial charge in [0, 0.05) is 51.7 Å². The minimum absolute atomic E-state index is 0.162. The largest absolute Gasteiger partial charge is 0.365 e. The normalized spacial score (nSPS) is 14.4. The molecule has 1 aliphatic heterocycles. The zero-order valence-electron chi connectivity index (χ0n) is 17.5. The van der Waals surface area contributed by atoms with E-state index in [-0.39, 0.29) is 18.1 Å². The molecule has 12 heteroatoms. The van der Waals surface area contributed by atoms with Crippen molar-refractivity contribution in [2.45, 2.75) is 13.5 Å². The quantitative estimate of drug-likeness (QED) is 0.560. The van der Waals surface area contributed by atoms with Crippen LogP contribution >= 0.6 is 0 Å². The van der Waals surface area contributed by atoms with Crippen LogP contribution in [0.4, 0.5) is 25.1 Å². The van der Waals surface area contributed by atoms with Gasteiger partial charge in [0.25, 0.3) is 0 Å². The predicted molar refractivity (Wildman–Crippen MR) is 113 cm³/mol. The molecule has 4 rings (SSSR count). The summed E-state index contributed by atoms with van der Waals surface area (Å²) in [4.78, 5) is 27.4. The second kappa shape index (κ2) is 9.64. The number of urea groups is 1. The molecule has 4 heterocycles. The molecule has 0 radical (unpaired) electrons. The lowest BCUT2D eigenvalue weighted by atomic mass is 10.2. The molecule has 0 bridgehead atoms. The van der Waals surface area contributed by atoms with E-state index in [9.17, 15) is 13.6 Å². The minimum Gasteiger partial charge on any atom is -0.365 e. The summed E-state index contributed by atoms with van der Waals surface area (Å²) in [5.74, 6) is -0.976. The minimum atomic E-state index is -0.661. The number of carbonyl (C=O) groups excluding carboxylic acids is 1. The number of hydrogen-bond acceptors (Lipinski definition) is 7. The monoisotopic (exact) mass is 443 g/mol. The first-order chi connectivity index (χ1) is 15.5. The Morgan fingerprint density at radius 2 is 1.97 bits per heavy atom. The number of nitrogens with one attached hydrogen (secondary N) is 2. The molecule has 1 fully saturated rings. The summed E-state index contributed by atoms with van der Waals surface area (Å²) in [6.45, 7) is 4.71. The molecule has 10 nitrogen and oxygen atoms in total. The number of halogens is 2. The summed E-state index contributed by atoms with van der Waals surface area (Å²) in [5, 5.41) is 8.96. The predicted octanol–water partition coefficient (Wildman–Crippen LogP) is 1.80. The van der Waals surface area contributed by atoms with Crippen molar-refractivity contribution in [3.63, 3.8) is 0 Å². The molecule has 2 N–H and O–H groups in total. The third-order valence-electron chi connectivity index (χ3n) is 5.07. The maximum absolute atomic E-state index is 14.7. The van der Waals surface area contributed by atoms with Crippen molar-refractivity contribution in [3.05, 3.63) is 54.4 Å². The van der Waals surface area contributed by atoms with E-state index in [2.05, 4.69) is 30.7 Å². The van der Waals surface area contributed by atoms with E-state index in [1.54, 1.807) is 37.5 Å². The van der Waals surface area contributed by atoms with Crippen LogP contribution in [0.25, 0.3) is 5.82 Å². The van der Waals surface area contributed by atoms with Crippen LogP contribution in [0.5, 0.6) is 0 Å². The fourth-order valence-electron chi connectivity index (χ4n) is 3.46. The van der Waals surface area contributed by atoms with Gasteiger partial charge in [0.05, 0.1) is 11.4 Å². The number of piperazine rings is 1. The molecule has 1 saturated heterocycles. The molecule has 0 aliphatic carbocycles. The summed E-state index contributed by atoms with van der Waals surface area (Å²) >= 11 is 0. The number of pyridine rings is 1. The standard InChI is InChI=1S/C20H23F2N9O/c1-2-23-20(32)28-19-17(21)14(24-13-25-19)12-29-8-10-30(11-9-29)15-4-5-16(27-18(15)22)31-7-3-6-26-31/h3-7,13H,2,8-12H2,1H3,(H2,23,24,25,28,32). The molecule has 0 atom stereocenters. The third kappa shape index (κ3) is 4.80. The number of hydrogen-bond donors (Lipinski definition) is 2. The van der Waals surface area contributed by atoms with Gasteiger partial charge in [-0.25, -0.2) is 23.8 Å². The average molecular weight is 443 g/mol. The molecular weight excluding hydrogens is 420 g/mol. The second-order valence-electron chi connectivity index (χ2n) is 7.16. The van der Waals surface area contributed by atoms with Crippen molar-refractivity contribution in [3.8, 4) is 5.82 Å². The first-order valence-corrected chi connectivity index (χ1v) is 10.2. The Bertz CT molecular complexity index is 1070. The molecule has 0 unspecified atom stereocenters. The van der Waals surface area contributed by atoms with Crippen molar-refractivity contribution in [1.82, 2.24) is 34.9 Å². The van der Waals surface area contributed by atoms with Crippen LogP contribution < -0.4 is 15.5 Å². The van der Waals surface area contributed by atoms with Crippen LogP contribution in [0.1, 0.15) is 12.6 Å². The second-order valence-corrected chi connectivity index (χ2v) is 7.16. The highest BCUT2D eigenvalue weighted by atomic mass is 19.1. The van der Waals surface area contributed by atoms with Gasteiger partial charge in [0.15, 0.2) is 17.5 Å². The van der Waals surface area contributed by atoms with Crippen LogP contribution in [-0.2, 0) is 6.54 Å². The van der Waals surface area contributed by atoms with E-state index in [1.807, 2.05) is 9.80 Å². The fraction of sp³-hybridized carbons (Fsp3) is 0.350. The Hall–Kier alpha value is -3.67. The lowest BCUT2D eigenvalue weighted by Crippen LogP contribution is -2.46. The number of aromatic nitrogens is 5. The molecule has 32 heavy (non-hydrogen) atoms. The Morgan fingerprint density at radius 1 is 1.16 bits per heavy atom. The smallest absolute Gasteiger partial charge is 0.320 e. The third-order valence-corrected chi connectivity index (χ3v) is 5.07. The van der Waals surface area contributed by atoms with Crippen LogP contribution in [0.15, 0.2) is 36.9 Å². The summed E-state index contributed by atoms with van der Waals surface area (Å²) in [5.41, 5.74) is 0.610. The van der Waals surface area contributed by atoms with Gasteiger partial charge in [0.2, 0.25) is 5.95 Å². The van der Waals surface area contributed by atoms with Crippen molar-refractivity contribution in [2.75, 3.05) is 42.9 Å². The van der Waals surface area contributed by atoms with Gasteiger partial charge in [-0.1, -0.05) is 0 Å². The van der Waals surface area contributed by atoms with Gasteiger partial charge in [0.1, 0.15) is 6.33 Å². The molecular formula is C20H23F2N9O. The van der Waals surface area contributed by atoms with E-state index in [0.717, 1.165) is 0 Å². The Balaban J connectivity index is 1.37. The molecule has 3 aromatic rings. The SMILES string of the molecule is CCNC(=O)Nc1ncnc(CN2CCN(c3ccc(-n4cccn4)nc3F)CC2)c1F. The molecule has 2 amide bonds. The van der Waals surface area contributed by atoms with Crippen LogP contribution in [0, 0.1) is 11.8 Å². The number of anilines is 2. The van der Waals surface area contributed by atoms with E-state index in [4.69, 9.17) is 0 Å². The van der Waals surface area contributed by atoms with Gasteiger partial charge < -0.3 is 10.2 Å². The Kier molecular flexibility index (Phi) is 6.50. The molecule has 168 valence electrons. The zero-order chi connectivity index (χ0) is 22.5. The molecule has 3 aromatic heterocycles. The van der Waals surface area contributed by atoms with Crippen LogP contribution in [0.2, 0.25) is 0 Å². The maximum Gasteiger partial charge on any atom is 0.320 e. The van der Waals surface area contributed by atoms with Crippen molar-refractivity contribution in [2.24, 2.45) is 0 Å². The van der Waals surface area contributed by atoms with Crippen molar-refractivity contribution in [1.29, 1.82) is 0 Å². The summed E-state index contributed by atoms with van der Waals surface area (Å²) < 4.78 is 30.8. The highest BCUT2D eigenvalue weighted by molar-refractivity contribution is 5.88. The topological polar surface area (TPSA) is 104 Å². The number of carbonyl (C=O) groups is 1. The zero-order valence-corrected chi connectivity index (χ0v) is 17.5. The van der Waals surface area contributed by atoms with Crippen molar-refractivity contribution < 1.29 is 13.6 Å². The van der Waals surface area contributed by atoms with Gasteiger partial charge in [-0.05, 0) is 25.1 Å². The first kappa shape index (κ1) is 21.6. The maximum atomic E-state index is 14.7. The first-order valence-electron chi connectivity index (χ1n) is 10.2.